The van der Waals surface area contributed by atoms with E-state index in [0.29, 0.717) is 0 Å². The van der Waals surface area contributed by atoms with Crippen molar-refractivity contribution in [2.45, 2.75) is 17.8 Å². The van der Waals surface area contributed by atoms with Gasteiger partial charge in [0.1, 0.15) is 4.24 Å². The van der Waals surface area contributed by atoms with E-state index in [1.807, 2.05) is 0 Å². The minimum Gasteiger partial charge on any atom is -0.351 e. The van der Waals surface area contributed by atoms with Gasteiger partial charge in [0.2, 0.25) is 5.76 Å². The summed E-state index contributed by atoms with van der Waals surface area (Å²) >= 11 is 0.780. The van der Waals surface area contributed by atoms with Gasteiger partial charge in [-0.05, 0) is 6.42 Å². The fourth-order valence-electron chi connectivity index (χ4n) is 1.41. The first kappa shape index (κ1) is 14.4. The van der Waals surface area contributed by atoms with E-state index in [4.69, 9.17) is 5.21 Å². The zero-order valence-electron chi connectivity index (χ0n) is 9.01. The summed E-state index contributed by atoms with van der Waals surface area (Å²) in [5, 5.41) is 11.1. The van der Waals surface area contributed by atoms with Crippen LogP contribution in [0, 0.1) is 0 Å². The zero-order chi connectivity index (χ0) is 14.3. The third kappa shape index (κ3) is 2.94. The Labute approximate surface area is 109 Å². The number of hydrogen-bond acceptors (Lipinski definition) is 6. The summed E-state index contributed by atoms with van der Waals surface area (Å²) in [4.78, 5) is 1.14. The molecule has 2 rings (SSSR count). The Bertz CT molecular complexity index is 608. The van der Waals surface area contributed by atoms with Crippen LogP contribution in [0.25, 0.3) is 0 Å². The number of halogens is 3. The van der Waals surface area contributed by atoms with Crippen molar-refractivity contribution in [3.63, 3.8) is 0 Å². The fourth-order valence-corrected chi connectivity index (χ4v) is 3.68. The molecule has 6 nitrogen and oxygen atoms in total. The zero-order valence-corrected chi connectivity index (χ0v) is 10.6. The molecule has 2 heterocycles. The van der Waals surface area contributed by atoms with E-state index in [2.05, 4.69) is 9.68 Å². The molecule has 1 aliphatic heterocycles. The molecule has 19 heavy (non-hydrogen) atoms. The van der Waals surface area contributed by atoms with E-state index >= 15 is 0 Å². The second-order valence-corrected chi connectivity index (χ2v) is 6.71. The summed E-state index contributed by atoms with van der Waals surface area (Å²) in [7, 11) is -4.01. The van der Waals surface area contributed by atoms with E-state index in [-0.39, 0.29) is 16.4 Å². The highest BCUT2D eigenvalue weighted by Gasteiger charge is 2.38. The Hall–Kier alpha value is -1.04. The number of rotatable bonds is 3. The van der Waals surface area contributed by atoms with Crippen LogP contribution in [-0.4, -0.2) is 18.8 Å². The monoisotopic (exact) mass is 316 g/mol. The lowest BCUT2D eigenvalue weighted by atomic mass is 10.2. The first-order valence-electron chi connectivity index (χ1n) is 4.80. The predicted octanol–water partition coefficient (Wildman–Crippen LogP) is 2.02. The van der Waals surface area contributed by atoms with Crippen LogP contribution in [0.5, 0.6) is 0 Å². The molecule has 0 amide bonds. The summed E-state index contributed by atoms with van der Waals surface area (Å²) < 4.78 is 63.5. The third-order valence-corrected chi connectivity index (χ3v) is 5.28. The molecule has 1 aliphatic rings. The smallest absolute Gasteiger partial charge is 0.351 e. The Morgan fingerprint density at radius 2 is 2.21 bits per heavy atom. The first-order chi connectivity index (χ1) is 8.74. The highest BCUT2D eigenvalue weighted by molar-refractivity contribution is 8.18. The molecular weight excluding hydrogens is 309 g/mol. The number of thioether (sulfide) groups is 1. The van der Waals surface area contributed by atoms with Crippen molar-refractivity contribution < 1.29 is 31.3 Å². The molecule has 0 aromatic carbocycles. The highest BCUT2D eigenvalue weighted by Crippen LogP contribution is 2.45. The minimum atomic E-state index is -4.64. The number of sulfonamides is 1. The molecule has 1 unspecified atom stereocenters. The van der Waals surface area contributed by atoms with Gasteiger partial charge < -0.3 is 9.73 Å². The maximum Gasteiger partial charge on any atom is 0.452 e. The normalized spacial score (nSPS) is 20.6. The van der Waals surface area contributed by atoms with E-state index in [1.54, 1.807) is 0 Å². The third-order valence-electron chi connectivity index (χ3n) is 2.28. The van der Waals surface area contributed by atoms with Crippen molar-refractivity contribution in [3.8, 4) is 0 Å². The van der Waals surface area contributed by atoms with Gasteiger partial charge in [-0.25, -0.2) is 8.42 Å². The summed E-state index contributed by atoms with van der Waals surface area (Å²) in [5.74, 6) is -1.24. The predicted molar refractivity (Wildman–Crippen MR) is 58.4 cm³/mol. The molecule has 0 radical (unpaired) electrons. The Kier molecular flexibility index (Phi) is 3.64. The van der Waals surface area contributed by atoms with Gasteiger partial charge in [-0.3, -0.25) is 0 Å². The van der Waals surface area contributed by atoms with E-state index in [9.17, 15) is 21.6 Å². The average molecular weight is 316 g/mol. The van der Waals surface area contributed by atoms with Crippen LogP contribution in [0.4, 0.5) is 13.2 Å². The molecule has 2 N–H and O–H groups in total. The van der Waals surface area contributed by atoms with Crippen LogP contribution < -0.4 is 4.89 Å². The van der Waals surface area contributed by atoms with Crippen LogP contribution in [0.1, 0.15) is 23.1 Å². The summed E-state index contributed by atoms with van der Waals surface area (Å²) in [6.45, 7) is 0. The van der Waals surface area contributed by atoms with Gasteiger partial charge in [0.25, 0.3) is 10.0 Å². The number of alkyl halides is 3. The molecule has 0 spiro atoms. The van der Waals surface area contributed by atoms with Gasteiger partial charge in [-0.15, -0.1) is 11.8 Å². The number of nitrogens with one attached hydrogen (secondary N) is 1. The van der Waals surface area contributed by atoms with Gasteiger partial charge in [-0.2, -0.15) is 13.2 Å². The van der Waals surface area contributed by atoms with E-state index < -0.39 is 27.2 Å². The van der Waals surface area contributed by atoms with Gasteiger partial charge >= 0.3 is 6.18 Å². The molecule has 1 atom stereocenters. The number of nitrogens with zero attached hydrogens (tertiary/aromatic N) is 1. The van der Waals surface area contributed by atoms with Crippen LogP contribution in [-0.2, 0) is 16.2 Å². The maximum atomic E-state index is 12.3. The molecule has 0 saturated heterocycles. The van der Waals surface area contributed by atoms with Crippen molar-refractivity contribution in [1.29, 1.82) is 0 Å². The number of aromatic nitrogens is 1. The lowest BCUT2D eigenvalue weighted by molar-refractivity contribution is -0.155. The molecule has 0 saturated carbocycles. The largest absolute Gasteiger partial charge is 0.452 e. The molecule has 0 aliphatic carbocycles. The molecule has 1 aromatic rings. The number of allylic oxidation sites excluding steroid dienone is 1. The summed E-state index contributed by atoms with van der Waals surface area (Å²) in [5.41, 5.74) is -0.00304. The van der Waals surface area contributed by atoms with Gasteiger partial charge in [0, 0.05) is 6.07 Å². The Morgan fingerprint density at radius 3 is 2.74 bits per heavy atom. The Morgan fingerprint density at radius 1 is 1.53 bits per heavy atom. The highest BCUT2D eigenvalue weighted by atomic mass is 32.3. The fraction of sp³-hybridized carbons (Fsp3) is 0.375. The van der Waals surface area contributed by atoms with Crippen LogP contribution in [0.2, 0.25) is 0 Å². The van der Waals surface area contributed by atoms with E-state index in [1.165, 1.54) is 6.08 Å². The molecule has 106 valence electrons. The minimum absolute atomic E-state index is 0.00304. The maximum absolute atomic E-state index is 12.3. The van der Waals surface area contributed by atoms with Gasteiger partial charge in [0.05, 0.1) is 10.9 Å². The standard InChI is InChI=1S/C8H7F3N2O4S2/c9-8(10,11)6-3-4(12-17-6)5-1-2-7(18-5)19(15,16)13-14/h2-3,5,13-14H,1H2. The first-order valence-corrected chi connectivity index (χ1v) is 7.17. The molecular formula is C8H7F3N2O4S2. The van der Waals surface area contributed by atoms with Crippen LogP contribution in [0.3, 0.4) is 0 Å². The van der Waals surface area contributed by atoms with Crippen molar-refractivity contribution >= 4 is 21.8 Å². The summed E-state index contributed by atoms with van der Waals surface area (Å²) in [6, 6.07) is 0.730. The second kappa shape index (κ2) is 4.81. The SMILES string of the molecule is O=S(=O)(NO)C1=CCC(c2cc(C(F)(F)F)on2)S1. The van der Waals surface area contributed by atoms with Crippen LogP contribution in [0.15, 0.2) is 20.9 Å². The number of hydrogen-bond donors (Lipinski definition) is 2. The van der Waals surface area contributed by atoms with Crippen molar-refractivity contribution in [2.24, 2.45) is 0 Å². The summed E-state index contributed by atoms with van der Waals surface area (Å²) in [6.07, 6.45) is -3.18. The lowest BCUT2D eigenvalue weighted by Crippen LogP contribution is -2.19. The van der Waals surface area contributed by atoms with E-state index in [0.717, 1.165) is 22.7 Å². The molecule has 1 aromatic heterocycles. The molecule has 0 bridgehead atoms. The average Bonchev–Trinajstić information content (AvgIpc) is 2.96. The van der Waals surface area contributed by atoms with Gasteiger partial charge in [-0.1, -0.05) is 16.1 Å². The van der Waals surface area contributed by atoms with Gasteiger partial charge in [0.15, 0.2) is 0 Å². The van der Waals surface area contributed by atoms with Crippen molar-refractivity contribution in [1.82, 2.24) is 10.0 Å². The molecule has 11 heteroatoms. The van der Waals surface area contributed by atoms with Crippen LogP contribution >= 0.6 is 11.8 Å². The van der Waals surface area contributed by atoms with Crippen molar-refractivity contribution in [3.05, 3.63) is 27.8 Å². The molecule has 0 fully saturated rings. The second-order valence-electron chi connectivity index (χ2n) is 3.57. The van der Waals surface area contributed by atoms with Crippen molar-refractivity contribution in [2.75, 3.05) is 0 Å². The topological polar surface area (TPSA) is 92.4 Å². The quantitative estimate of drug-likeness (QED) is 0.829. The lowest BCUT2D eigenvalue weighted by Gasteiger charge is -2.05. The Balaban J connectivity index is 2.14.